The summed E-state index contributed by atoms with van der Waals surface area (Å²) in [5.74, 6) is 0.0969. The van der Waals surface area contributed by atoms with Crippen molar-refractivity contribution in [3.05, 3.63) is 26.6 Å². The number of carboxylic acids is 1. The smallest absolute Gasteiger partial charge is 0.335 e. The van der Waals surface area contributed by atoms with E-state index < -0.39 is 5.97 Å². The maximum absolute atomic E-state index is 10.9. The molecule has 0 bridgehead atoms. The summed E-state index contributed by atoms with van der Waals surface area (Å²) in [5.41, 5.74) is 0.196. The molecule has 1 aromatic rings. The quantitative estimate of drug-likeness (QED) is 0.710. The van der Waals surface area contributed by atoms with Gasteiger partial charge in [0.15, 0.2) is 0 Å². The van der Waals surface area contributed by atoms with Crippen LogP contribution in [-0.4, -0.2) is 30.9 Å². The van der Waals surface area contributed by atoms with Gasteiger partial charge in [-0.05, 0) is 49.9 Å². The van der Waals surface area contributed by atoms with Gasteiger partial charge in [0.2, 0.25) is 0 Å². The molecule has 0 spiro atoms. The van der Waals surface area contributed by atoms with Gasteiger partial charge in [-0.25, -0.2) is 4.79 Å². The molecule has 1 N–H and O–H groups in total. The first-order chi connectivity index (χ1) is 8.91. The molecule has 0 atom stereocenters. The molecule has 0 aliphatic carbocycles. The third-order valence-corrected chi connectivity index (χ3v) is 3.35. The molecule has 1 aromatic carbocycles. The predicted molar refractivity (Wildman–Crippen MR) is 80.0 cm³/mol. The number of carboxylic acid groups (broad SMARTS) is 1. The van der Waals surface area contributed by atoms with E-state index in [1.54, 1.807) is 0 Å². The predicted octanol–water partition coefficient (Wildman–Crippen LogP) is 3.96. The van der Waals surface area contributed by atoms with Crippen LogP contribution >= 0.6 is 31.9 Å². The zero-order valence-corrected chi connectivity index (χ0v) is 14.0. The van der Waals surface area contributed by atoms with Crippen LogP contribution in [-0.2, 0) is 4.74 Å². The van der Waals surface area contributed by atoms with Crippen LogP contribution in [0, 0.1) is 5.92 Å². The van der Waals surface area contributed by atoms with Gasteiger partial charge in [-0.15, -0.1) is 0 Å². The van der Waals surface area contributed by atoms with Gasteiger partial charge in [0.1, 0.15) is 12.4 Å². The molecule has 0 heterocycles. The monoisotopic (exact) mass is 394 g/mol. The van der Waals surface area contributed by atoms with E-state index in [1.165, 1.54) is 12.1 Å². The molecule has 0 aliphatic rings. The van der Waals surface area contributed by atoms with Gasteiger partial charge < -0.3 is 14.6 Å². The van der Waals surface area contributed by atoms with Crippen LogP contribution in [0.25, 0.3) is 0 Å². The van der Waals surface area contributed by atoms with Crippen molar-refractivity contribution in [3.8, 4) is 5.75 Å². The van der Waals surface area contributed by atoms with Crippen LogP contribution < -0.4 is 4.74 Å². The highest BCUT2D eigenvalue weighted by Gasteiger charge is 2.12. The van der Waals surface area contributed by atoms with Crippen molar-refractivity contribution in [3.63, 3.8) is 0 Å². The first-order valence-electron chi connectivity index (χ1n) is 5.84. The van der Waals surface area contributed by atoms with E-state index in [1.807, 2.05) is 0 Å². The number of hydrogen-bond acceptors (Lipinski definition) is 3. The van der Waals surface area contributed by atoms with Crippen molar-refractivity contribution in [2.75, 3.05) is 19.8 Å². The fraction of sp³-hybridized carbons (Fsp3) is 0.462. The number of carbonyl (C=O) groups is 1. The van der Waals surface area contributed by atoms with Crippen molar-refractivity contribution < 1.29 is 19.4 Å². The van der Waals surface area contributed by atoms with Gasteiger partial charge in [-0.1, -0.05) is 13.8 Å². The van der Waals surface area contributed by atoms with Gasteiger partial charge in [0, 0.05) is 6.61 Å². The summed E-state index contributed by atoms with van der Waals surface area (Å²) in [7, 11) is 0. The number of hydrogen-bond donors (Lipinski definition) is 1. The minimum absolute atomic E-state index is 0.196. The summed E-state index contributed by atoms with van der Waals surface area (Å²) in [6.45, 7) is 5.77. The Morgan fingerprint density at radius 3 is 2.32 bits per heavy atom. The second-order valence-electron chi connectivity index (χ2n) is 4.39. The van der Waals surface area contributed by atoms with Crippen molar-refractivity contribution in [1.29, 1.82) is 0 Å². The summed E-state index contributed by atoms with van der Waals surface area (Å²) in [6, 6.07) is 3.02. The maximum Gasteiger partial charge on any atom is 0.335 e. The lowest BCUT2D eigenvalue weighted by Gasteiger charge is -2.12. The highest BCUT2D eigenvalue weighted by molar-refractivity contribution is 9.11. The first kappa shape index (κ1) is 16.5. The van der Waals surface area contributed by atoms with Crippen LogP contribution in [0.2, 0.25) is 0 Å². The Balaban J connectivity index is 2.57. The van der Waals surface area contributed by atoms with E-state index in [0.29, 0.717) is 40.4 Å². The minimum atomic E-state index is -0.979. The van der Waals surface area contributed by atoms with Gasteiger partial charge in [-0.2, -0.15) is 0 Å². The average molecular weight is 396 g/mol. The molecule has 19 heavy (non-hydrogen) atoms. The molecule has 0 saturated heterocycles. The van der Waals surface area contributed by atoms with E-state index in [9.17, 15) is 4.79 Å². The lowest BCUT2D eigenvalue weighted by molar-refractivity contribution is 0.0696. The van der Waals surface area contributed by atoms with E-state index in [4.69, 9.17) is 14.6 Å². The Morgan fingerprint density at radius 2 is 1.84 bits per heavy atom. The zero-order valence-electron chi connectivity index (χ0n) is 10.8. The fourth-order valence-electron chi connectivity index (χ4n) is 1.34. The van der Waals surface area contributed by atoms with Crippen molar-refractivity contribution in [2.24, 2.45) is 5.92 Å². The number of aromatic carboxylic acids is 1. The summed E-state index contributed by atoms with van der Waals surface area (Å²) in [5, 5.41) is 8.92. The molecule has 4 nitrogen and oxygen atoms in total. The van der Waals surface area contributed by atoms with Crippen molar-refractivity contribution >= 4 is 37.8 Å². The van der Waals surface area contributed by atoms with Crippen molar-refractivity contribution in [1.82, 2.24) is 0 Å². The van der Waals surface area contributed by atoms with Crippen LogP contribution in [0.3, 0.4) is 0 Å². The fourth-order valence-corrected chi connectivity index (χ4v) is 2.76. The lowest BCUT2D eigenvalue weighted by Crippen LogP contribution is -2.11. The number of rotatable bonds is 7. The second kappa shape index (κ2) is 7.87. The normalized spacial score (nSPS) is 10.8. The van der Waals surface area contributed by atoms with Crippen LogP contribution in [0.15, 0.2) is 21.1 Å². The van der Waals surface area contributed by atoms with Gasteiger partial charge >= 0.3 is 5.97 Å². The highest BCUT2D eigenvalue weighted by Crippen LogP contribution is 2.34. The Morgan fingerprint density at radius 1 is 1.26 bits per heavy atom. The van der Waals surface area contributed by atoms with Crippen LogP contribution in [0.5, 0.6) is 5.75 Å². The largest absolute Gasteiger partial charge is 0.489 e. The zero-order chi connectivity index (χ0) is 14.4. The number of benzene rings is 1. The first-order valence-corrected chi connectivity index (χ1v) is 7.43. The van der Waals surface area contributed by atoms with Crippen LogP contribution in [0.4, 0.5) is 0 Å². The Labute approximate surface area is 129 Å². The average Bonchev–Trinajstić information content (AvgIpc) is 2.30. The second-order valence-corrected chi connectivity index (χ2v) is 6.10. The standard InChI is InChI=1S/C13H16Br2O4/c1-8(2)7-18-3-4-19-12-10(14)5-9(13(16)17)6-11(12)15/h5-6,8H,3-4,7H2,1-2H3,(H,16,17). The summed E-state index contributed by atoms with van der Waals surface area (Å²) in [6.07, 6.45) is 0. The molecule has 0 saturated carbocycles. The number of halogens is 2. The van der Waals surface area contributed by atoms with Crippen molar-refractivity contribution in [2.45, 2.75) is 13.8 Å². The molecule has 0 fully saturated rings. The third kappa shape index (κ3) is 5.50. The molecule has 0 aliphatic heterocycles. The Bertz CT molecular complexity index is 423. The molecule has 0 amide bonds. The van der Waals surface area contributed by atoms with E-state index in [2.05, 4.69) is 45.7 Å². The molecular formula is C13H16Br2O4. The minimum Gasteiger partial charge on any atom is -0.489 e. The third-order valence-electron chi connectivity index (χ3n) is 2.17. The topological polar surface area (TPSA) is 55.8 Å². The van der Waals surface area contributed by atoms with Gasteiger partial charge in [0.25, 0.3) is 0 Å². The summed E-state index contributed by atoms with van der Waals surface area (Å²) < 4.78 is 12.2. The van der Waals surface area contributed by atoms with E-state index in [-0.39, 0.29) is 5.56 Å². The number of ether oxygens (including phenoxy) is 2. The van der Waals surface area contributed by atoms with Crippen LogP contribution in [0.1, 0.15) is 24.2 Å². The molecule has 0 radical (unpaired) electrons. The van der Waals surface area contributed by atoms with E-state index >= 15 is 0 Å². The summed E-state index contributed by atoms with van der Waals surface area (Å²) >= 11 is 6.60. The Hall–Kier alpha value is -0.590. The summed E-state index contributed by atoms with van der Waals surface area (Å²) in [4.78, 5) is 10.9. The van der Waals surface area contributed by atoms with Gasteiger partial charge in [0.05, 0.1) is 21.1 Å². The van der Waals surface area contributed by atoms with E-state index in [0.717, 1.165) is 0 Å². The Kier molecular flexibility index (Phi) is 6.82. The molecule has 6 heteroatoms. The SMILES string of the molecule is CC(C)COCCOc1c(Br)cc(C(=O)O)cc1Br. The maximum atomic E-state index is 10.9. The molecule has 106 valence electrons. The lowest BCUT2D eigenvalue weighted by atomic mass is 10.2. The van der Waals surface area contributed by atoms with Gasteiger partial charge in [-0.3, -0.25) is 0 Å². The molecule has 0 aromatic heterocycles. The highest BCUT2D eigenvalue weighted by atomic mass is 79.9. The molecular weight excluding hydrogens is 380 g/mol. The molecule has 1 rings (SSSR count). The molecule has 0 unspecified atom stereocenters.